The molecular formula is C12H10ClNO4. The number of halogens is 1. The molecule has 0 atom stereocenters. The van der Waals surface area contributed by atoms with Gasteiger partial charge in [-0.15, -0.1) is 0 Å². The van der Waals surface area contributed by atoms with E-state index < -0.39 is 5.97 Å². The van der Waals surface area contributed by atoms with Crippen molar-refractivity contribution in [3.8, 4) is 5.88 Å². The second kappa shape index (κ2) is 5.55. The number of benzene rings is 1. The van der Waals surface area contributed by atoms with Crippen LogP contribution in [0.15, 0.2) is 34.9 Å². The van der Waals surface area contributed by atoms with Gasteiger partial charge in [-0.05, 0) is 22.9 Å². The highest BCUT2D eigenvalue weighted by Gasteiger charge is 2.13. The lowest BCUT2D eigenvalue weighted by atomic mass is 10.2. The maximum absolute atomic E-state index is 11.1. The van der Waals surface area contributed by atoms with E-state index in [2.05, 4.69) is 9.89 Å². The Morgan fingerprint density at radius 3 is 2.78 bits per heavy atom. The summed E-state index contributed by atoms with van der Waals surface area (Å²) in [5.41, 5.74) is 0.932. The Morgan fingerprint density at radius 1 is 1.39 bits per heavy atom. The Labute approximate surface area is 108 Å². The SMILES string of the molecule is COC(=O)c1cc(OCc2ccc(Cl)cc2)no1. The highest BCUT2D eigenvalue weighted by Crippen LogP contribution is 2.15. The van der Waals surface area contributed by atoms with E-state index in [1.165, 1.54) is 13.2 Å². The molecule has 0 radical (unpaired) electrons. The normalized spacial score (nSPS) is 10.1. The summed E-state index contributed by atoms with van der Waals surface area (Å²) in [5, 5.41) is 4.25. The number of nitrogens with zero attached hydrogens (tertiary/aromatic N) is 1. The van der Waals surface area contributed by atoms with Crippen LogP contribution < -0.4 is 4.74 Å². The van der Waals surface area contributed by atoms with Gasteiger partial charge >= 0.3 is 5.97 Å². The molecule has 1 aromatic carbocycles. The number of hydrogen-bond donors (Lipinski definition) is 0. The average Bonchev–Trinajstić information content (AvgIpc) is 2.86. The minimum atomic E-state index is -0.594. The molecule has 94 valence electrons. The van der Waals surface area contributed by atoms with Crippen LogP contribution in [0.5, 0.6) is 5.88 Å². The van der Waals surface area contributed by atoms with E-state index in [0.717, 1.165) is 5.56 Å². The zero-order valence-corrected chi connectivity index (χ0v) is 10.3. The van der Waals surface area contributed by atoms with Gasteiger partial charge in [-0.3, -0.25) is 0 Å². The summed E-state index contributed by atoms with van der Waals surface area (Å²) in [7, 11) is 1.26. The molecule has 5 nitrogen and oxygen atoms in total. The second-order valence-electron chi connectivity index (χ2n) is 3.44. The highest BCUT2D eigenvalue weighted by molar-refractivity contribution is 6.30. The molecule has 2 aromatic rings. The third kappa shape index (κ3) is 3.01. The van der Waals surface area contributed by atoms with Crippen molar-refractivity contribution in [1.82, 2.24) is 5.16 Å². The second-order valence-corrected chi connectivity index (χ2v) is 3.87. The van der Waals surface area contributed by atoms with Crippen LogP contribution in [-0.2, 0) is 11.3 Å². The van der Waals surface area contributed by atoms with Crippen LogP contribution in [0.4, 0.5) is 0 Å². The van der Waals surface area contributed by atoms with Crippen molar-refractivity contribution in [3.63, 3.8) is 0 Å². The van der Waals surface area contributed by atoms with Gasteiger partial charge in [0.25, 0.3) is 5.88 Å². The Balaban J connectivity index is 1.96. The lowest BCUT2D eigenvalue weighted by Gasteiger charge is -2.01. The molecule has 0 saturated carbocycles. The summed E-state index contributed by atoms with van der Waals surface area (Å²) >= 11 is 5.76. The maximum atomic E-state index is 11.1. The summed E-state index contributed by atoms with van der Waals surface area (Å²) in [6.45, 7) is 0.310. The zero-order chi connectivity index (χ0) is 13.0. The number of carbonyl (C=O) groups excluding carboxylic acids is 1. The topological polar surface area (TPSA) is 61.6 Å². The fourth-order valence-corrected chi connectivity index (χ4v) is 1.39. The Kier molecular flexibility index (Phi) is 3.84. The fraction of sp³-hybridized carbons (Fsp3) is 0.167. The third-order valence-electron chi connectivity index (χ3n) is 2.18. The maximum Gasteiger partial charge on any atom is 0.377 e. The molecular weight excluding hydrogens is 258 g/mol. The monoisotopic (exact) mass is 267 g/mol. The van der Waals surface area contributed by atoms with Gasteiger partial charge in [-0.2, -0.15) is 0 Å². The largest absolute Gasteiger partial charge is 0.471 e. The van der Waals surface area contributed by atoms with Gasteiger partial charge in [0.15, 0.2) is 0 Å². The van der Waals surface area contributed by atoms with Crippen LogP contribution in [0.25, 0.3) is 0 Å². The van der Waals surface area contributed by atoms with Crippen LogP contribution in [-0.4, -0.2) is 18.2 Å². The molecule has 1 aromatic heterocycles. The molecule has 0 saturated heterocycles. The third-order valence-corrected chi connectivity index (χ3v) is 2.43. The molecule has 0 aliphatic carbocycles. The number of hydrogen-bond acceptors (Lipinski definition) is 5. The van der Waals surface area contributed by atoms with Crippen LogP contribution >= 0.6 is 11.6 Å². The van der Waals surface area contributed by atoms with Crippen molar-refractivity contribution in [3.05, 3.63) is 46.7 Å². The standard InChI is InChI=1S/C12H10ClNO4/c1-16-12(15)10-6-11(14-18-10)17-7-8-2-4-9(13)5-3-8/h2-6H,7H2,1H3. The lowest BCUT2D eigenvalue weighted by molar-refractivity contribution is 0.0554. The number of methoxy groups -OCH3 is 1. The number of carbonyl (C=O) groups is 1. The minimum Gasteiger partial charge on any atom is -0.471 e. The van der Waals surface area contributed by atoms with Gasteiger partial charge in [0.2, 0.25) is 5.76 Å². The Hall–Kier alpha value is -2.01. The van der Waals surface area contributed by atoms with Gasteiger partial charge in [-0.1, -0.05) is 23.7 Å². The summed E-state index contributed by atoms with van der Waals surface area (Å²) in [4.78, 5) is 11.1. The summed E-state index contributed by atoms with van der Waals surface area (Å²) < 4.78 is 14.6. The number of esters is 1. The molecule has 0 amide bonds. The van der Waals surface area contributed by atoms with Gasteiger partial charge in [0, 0.05) is 5.02 Å². The van der Waals surface area contributed by atoms with E-state index in [9.17, 15) is 4.79 Å². The van der Waals surface area contributed by atoms with E-state index in [0.29, 0.717) is 11.6 Å². The molecule has 0 unspecified atom stereocenters. The van der Waals surface area contributed by atoms with Crippen molar-refractivity contribution in [2.24, 2.45) is 0 Å². The van der Waals surface area contributed by atoms with E-state index in [4.69, 9.17) is 20.9 Å². The highest BCUT2D eigenvalue weighted by atomic mass is 35.5. The molecule has 6 heteroatoms. The van der Waals surface area contributed by atoms with Crippen LogP contribution in [0.1, 0.15) is 16.1 Å². The molecule has 0 spiro atoms. The zero-order valence-electron chi connectivity index (χ0n) is 9.55. The first-order valence-corrected chi connectivity index (χ1v) is 5.49. The predicted molar refractivity (Wildman–Crippen MR) is 63.6 cm³/mol. The summed E-state index contributed by atoms with van der Waals surface area (Å²) in [6, 6.07) is 8.58. The Bertz CT molecular complexity index is 535. The van der Waals surface area contributed by atoms with Gasteiger partial charge < -0.3 is 14.0 Å². The van der Waals surface area contributed by atoms with Gasteiger partial charge in [0.05, 0.1) is 13.2 Å². The lowest BCUT2D eigenvalue weighted by Crippen LogP contribution is -1.98. The molecule has 1 heterocycles. The Morgan fingerprint density at radius 2 is 2.11 bits per heavy atom. The quantitative estimate of drug-likeness (QED) is 0.797. The van der Waals surface area contributed by atoms with Crippen molar-refractivity contribution >= 4 is 17.6 Å². The number of rotatable bonds is 4. The van der Waals surface area contributed by atoms with E-state index in [-0.39, 0.29) is 11.6 Å². The smallest absolute Gasteiger partial charge is 0.377 e. The summed E-state index contributed by atoms with van der Waals surface area (Å²) in [5.74, 6) is -0.363. The predicted octanol–water partition coefficient (Wildman–Crippen LogP) is 2.69. The number of ether oxygens (including phenoxy) is 2. The molecule has 0 fully saturated rings. The number of aromatic nitrogens is 1. The average molecular weight is 268 g/mol. The van der Waals surface area contributed by atoms with Crippen LogP contribution in [0.3, 0.4) is 0 Å². The molecule has 0 aliphatic heterocycles. The van der Waals surface area contributed by atoms with E-state index >= 15 is 0 Å². The first kappa shape index (κ1) is 12.4. The van der Waals surface area contributed by atoms with Crippen molar-refractivity contribution in [2.75, 3.05) is 7.11 Å². The van der Waals surface area contributed by atoms with Crippen molar-refractivity contribution in [2.45, 2.75) is 6.61 Å². The van der Waals surface area contributed by atoms with Crippen molar-refractivity contribution in [1.29, 1.82) is 0 Å². The van der Waals surface area contributed by atoms with Gasteiger partial charge in [0.1, 0.15) is 6.61 Å². The molecule has 0 bridgehead atoms. The first-order chi connectivity index (χ1) is 8.69. The molecule has 18 heavy (non-hydrogen) atoms. The first-order valence-electron chi connectivity index (χ1n) is 5.11. The van der Waals surface area contributed by atoms with E-state index in [1.54, 1.807) is 12.1 Å². The fourth-order valence-electron chi connectivity index (χ4n) is 1.26. The van der Waals surface area contributed by atoms with E-state index in [1.807, 2.05) is 12.1 Å². The van der Waals surface area contributed by atoms with Crippen LogP contribution in [0.2, 0.25) is 5.02 Å². The molecule has 2 rings (SSSR count). The molecule has 0 N–H and O–H groups in total. The van der Waals surface area contributed by atoms with Gasteiger partial charge in [-0.25, -0.2) is 4.79 Å². The molecule has 0 aliphatic rings. The van der Waals surface area contributed by atoms with Crippen molar-refractivity contribution < 1.29 is 18.8 Å². The summed E-state index contributed by atoms with van der Waals surface area (Å²) in [6.07, 6.45) is 0. The van der Waals surface area contributed by atoms with Crippen LogP contribution in [0, 0.1) is 0 Å². The minimum absolute atomic E-state index is 0.00334.